The van der Waals surface area contributed by atoms with Crippen molar-refractivity contribution >= 4 is 0 Å². The van der Waals surface area contributed by atoms with Crippen LogP contribution in [0.1, 0.15) is 30.5 Å². The maximum atomic E-state index is 13.0. The molecule has 0 radical (unpaired) electrons. The first kappa shape index (κ1) is 15.4. The third-order valence-corrected chi connectivity index (χ3v) is 3.36. The third kappa shape index (κ3) is 4.26. The van der Waals surface area contributed by atoms with Gasteiger partial charge in [0, 0.05) is 17.8 Å². The lowest BCUT2D eigenvalue weighted by atomic mass is 9.99. The average molecular weight is 288 g/mol. The minimum atomic E-state index is -0.212. The van der Waals surface area contributed by atoms with Crippen molar-refractivity contribution in [2.24, 2.45) is 0 Å². The van der Waals surface area contributed by atoms with Crippen molar-refractivity contribution in [2.75, 3.05) is 13.7 Å². The van der Waals surface area contributed by atoms with Crippen molar-refractivity contribution in [3.8, 4) is 5.88 Å². The first-order valence-electron chi connectivity index (χ1n) is 7.21. The fraction of sp³-hybridized carbons (Fsp3) is 0.353. The monoisotopic (exact) mass is 288 g/mol. The molecular weight excluding hydrogens is 267 g/mol. The Labute approximate surface area is 125 Å². The largest absolute Gasteiger partial charge is 0.481 e. The zero-order valence-electron chi connectivity index (χ0n) is 12.5. The molecule has 1 atom stereocenters. The number of ether oxygens (including phenoxy) is 1. The van der Waals surface area contributed by atoms with Gasteiger partial charge in [-0.25, -0.2) is 9.37 Å². The molecule has 2 rings (SSSR count). The van der Waals surface area contributed by atoms with Crippen molar-refractivity contribution in [1.29, 1.82) is 0 Å². The van der Waals surface area contributed by atoms with Gasteiger partial charge in [-0.05, 0) is 43.1 Å². The molecule has 0 fully saturated rings. The lowest BCUT2D eigenvalue weighted by Gasteiger charge is -2.20. The van der Waals surface area contributed by atoms with Crippen LogP contribution in [0, 0.1) is 5.82 Å². The molecule has 0 amide bonds. The van der Waals surface area contributed by atoms with Gasteiger partial charge in [0.25, 0.3) is 0 Å². The Morgan fingerprint density at radius 3 is 2.67 bits per heavy atom. The average Bonchev–Trinajstić information content (AvgIpc) is 2.53. The van der Waals surface area contributed by atoms with E-state index >= 15 is 0 Å². The van der Waals surface area contributed by atoms with Gasteiger partial charge in [-0.1, -0.05) is 25.1 Å². The van der Waals surface area contributed by atoms with Gasteiger partial charge in [0.2, 0.25) is 5.88 Å². The Morgan fingerprint density at radius 2 is 2.00 bits per heavy atom. The molecule has 0 saturated heterocycles. The molecule has 0 spiro atoms. The number of hydrogen-bond donors (Lipinski definition) is 1. The van der Waals surface area contributed by atoms with Crippen LogP contribution in [-0.2, 0) is 6.42 Å². The molecule has 1 aromatic heterocycles. The van der Waals surface area contributed by atoms with E-state index in [2.05, 4.69) is 17.2 Å². The number of halogens is 1. The van der Waals surface area contributed by atoms with E-state index < -0.39 is 0 Å². The van der Waals surface area contributed by atoms with E-state index in [-0.39, 0.29) is 11.9 Å². The molecule has 0 aliphatic heterocycles. The number of nitrogens with zero attached hydrogens (tertiary/aromatic N) is 1. The predicted octanol–water partition coefficient (Wildman–Crippen LogP) is 3.51. The Morgan fingerprint density at radius 1 is 1.24 bits per heavy atom. The van der Waals surface area contributed by atoms with E-state index in [9.17, 15) is 4.39 Å². The van der Waals surface area contributed by atoms with Crippen LogP contribution in [0.15, 0.2) is 42.6 Å². The van der Waals surface area contributed by atoms with E-state index in [4.69, 9.17) is 4.74 Å². The zero-order chi connectivity index (χ0) is 15.1. The minimum Gasteiger partial charge on any atom is -0.481 e. The summed E-state index contributed by atoms with van der Waals surface area (Å²) in [6.45, 7) is 3.03. The minimum absolute atomic E-state index is 0.0964. The summed E-state index contributed by atoms with van der Waals surface area (Å²) in [6, 6.07) is 10.6. The Balaban J connectivity index is 2.23. The molecule has 0 aliphatic rings. The summed E-state index contributed by atoms with van der Waals surface area (Å²) < 4.78 is 18.4. The number of aromatic nitrogens is 1. The van der Waals surface area contributed by atoms with Crippen LogP contribution in [0.25, 0.3) is 0 Å². The van der Waals surface area contributed by atoms with Gasteiger partial charge >= 0.3 is 0 Å². The van der Waals surface area contributed by atoms with Crippen LogP contribution in [0.5, 0.6) is 5.88 Å². The molecule has 0 aliphatic carbocycles. The number of benzene rings is 1. The predicted molar refractivity (Wildman–Crippen MR) is 81.9 cm³/mol. The molecule has 21 heavy (non-hydrogen) atoms. The van der Waals surface area contributed by atoms with E-state index in [0.29, 0.717) is 5.88 Å². The smallest absolute Gasteiger partial charge is 0.217 e. The summed E-state index contributed by atoms with van der Waals surface area (Å²) in [7, 11) is 1.63. The van der Waals surface area contributed by atoms with E-state index in [1.165, 1.54) is 12.1 Å². The van der Waals surface area contributed by atoms with Crippen LogP contribution < -0.4 is 10.1 Å². The number of methoxy groups -OCH3 is 1. The second kappa shape index (κ2) is 7.74. The van der Waals surface area contributed by atoms with Crippen LogP contribution in [0.2, 0.25) is 0 Å². The van der Waals surface area contributed by atoms with Crippen molar-refractivity contribution in [1.82, 2.24) is 10.3 Å². The van der Waals surface area contributed by atoms with Crippen LogP contribution in [0.3, 0.4) is 0 Å². The van der Waals surface area contributed by atoms with E-state index in [1.807, 2.05) is 24.3 Å². The Bertz CT molecular complexity index is 557. The Hall–Kier alpha value is -1.94. The molecule has 3 nitrogen and oxygen atoms in total. The van der Waals surface area contributed by atoms with Crippen molar-refractivity contribution in [3.63, 3.8) is 0 Å². The zero-order valence-corrected chi connectivity index (χ0v) is 12.5. The summed E-state index contributed by atoms with van der Waals surface area (Å²) in [5, 5.41) is 3.51. The second-order valence-corrected chi connectivity index (χ2v) is 4.94. The van der Waals surface area contributed by atoms with Crippen molar-refractivity contribution in [3.05, 3.63) is 59.5 Å². The maximum Gasteiger partial charge on any atom is 0.217 e. The number of hydrogen-bond acceptors (Lipinski definition) is 3. The molecule has 4 heteroatoms. The summed E-state index contributed by atoms with van der Waals surface area (Å²) in [5.74, 6) is 0.420. The van der Waals surface area contributed by atoms with Gasteiger partial charge in [-0.2, -0.15) is 0 Å². The van der Waals surface area contributed by atoms with Crippen molar-refractivity contribution < 1.29 is 9.13 Å². The quantitative estimate of drug-likeness (QED) is 0.846. The van der Waals surface area contributed by atoms with Crippen LogP contribution in [0.4, 0.5) is 4.39 Å². The lowest BCUT2D eigenvalue weighted by Crippen LogP contribution is -2.24. The highest BCUT2D eigenvalue weighted by Crippen LogP contribution is 2.25. The van der Waals surface area contributed by atoms with Gasteiger partial charge < -0.3 is 10.1 Å². The first-order chi connectivity index (χ1) is 10.2. The topological polar surface area (TPSA) is 34.2 Å². The highest BCUT2D eigenvalue weighted by atomic mass is 19.1. The lowest BCUT2D eigenvalue weighted by molar-refractivity contribution is 0.381. The second-order valence-electron chi connectivity index (χ2n) is 4.94. The highest BCUT2D eigenvalue weighted by Gasteiger charge is 2.16. The fourth-order valence-electron chi connectivity index (χ4n) is 2.31. The standard InChI is InChI=1S/C17H21FN2O/c1-3-10-19-16(12-13-6-8-14(18)9-7-13)15-5-4-11-20-17(15)21-2/h4-9,11,16,19H,3,10,12H2,1-2H3. The van der Waals surface area contributed by atoms with Gasteiger partial charge in [-0.3, -0.25) is 0 Å². The first-order valence-corrected chi connectivity index (χ1v) is 7.21. The Kier molecular flexibility index (Phi) is 5.69. The van der Waals surface area contributed by atoms with Crippen LogP contribution in [-0.4, -0.2) is 18.6 Å². The molecule has 112 valence electrons. The fourth-order valence-corrected chi connectivity index (χ4v) is 2.31. The number of pyridine rings is 1. The molecule has 1 heterocycles. The van der Waals surface area contributed by atoms with Gasteiger partial charge in [0.1, 0.15) is 5.82 Å². The number of rotatable bonds is 7. The molecule has 0 saturated carbocycles. The normalized spacial score (nSPS) is 12.1. The highest BCUT2D eigenvalue weighted by molar-refractivity contribution is 5.31. The van der Waals surface area contributed by atoms with Crippen LogP contribution >= 0.6 is 0 Å². The third-order valence-electron chi connectivity index (χ3n) is 3.36. The molecule has 1 aromatic carbocycles. The summed E-state index contributed by atoms with van der Waals surface area (Å²) >= 11 is 0. The molecule has 1 N–H and O–H groups in total. The molecule has 2 aromatic rings. The van der Waals surface area contributed by atoms with Gasteiger partial charge in [-0.15, -0.1) is 0 Å². The maximum absolute atomic E-state index is 13.0. The summed E-state index contributed by atoms with van der Waals surface area (Å²) in [4.78, 5) is 4.26. The summed E-state index contributed by atoms with van der Waals surface area (Å²) in [5.41, 5.74) is 2.11. The summed E-state index contributed by atoms with van der Waals surface area (Å²) in [6.07, 6.45) is 3.53. The molecule has 0 bridgehead atoms. The SMILES string of the molecule is CCCNC(Cc1ccc(F)cc1)c1cccnc1OC. The van der Waals surface area contributed by atoms with E-state index in [1.54, 1.807) is 13.3 Å². The number of nitrogens with one attached hydrogen (secondary N) is 1. The van der Waals surface area contributed by atoms with E-state index in [0.717, 1.165) is 30.5 Å². The van der Waals surface area contributed by atoms with Crippen molar-refractivity contribution in [2.45, 2.75) is 25.8 Å². The van der Waals surface area contributed by atoms with Gasteiger partial charge in [0.05, 0.1) is 7.11 Å². The molecular formula is C17H21FN2O. The molecule has 1 unspecified atom stereocenters. The van der Waals surface area contributed by atoms with Gasteiger partial charge in [0.15, 0.2) is 0 Å².